The summed E-state index contributed by atoms with van der Waals surface area (Å²) in [4.78, 5) is 2.54. The first-order valence-corrected chi connectivity index (χ1v) is 5.52. The fourth-order valence-corrected chi connectivity index (χ4v) is 2.90. The lowest BCUT2D eigenvalue weighted by molar-refractivity contribution is 0.0625. The van der Waals surface area contributed by atoms with Crippen molar-refractivity contribution in [3.05, 3.63) is 0 Å². The van der Waals surface area contributed by atoms with E-state index in [1.54, 1.807) is 0 Å². The molecular formula is C11H22N2. The van der Waals surface area contributed by atoms with Crippen molar-refractivity contribution in [1.29, 1.82) is 0 Å². The van der Waals surface area contributed by atoms with Gasteiger partial charge in [0.2, 0.25) is 0 Å². The minimum absolute atomic E-state index is 0.562. The first-order chi connectivity index (χ1) is 6.08. The predicted octanol–water partition coefficient (Wildman–Crippen LogP) is 1.47. The highest BCUT2D eigenvalue weighted by atomic mass is 15.2. The van der Waals surface area contributed by atoms with Crippen LogP contribution >= 0.6 is 0 Å². The summed E-state index contributed by atoms with van der Waals surface area (Å²) in [5.74, 6) is 0. The van der Waals surface area contributed by atoms with E-state index in [0.717, 1.165) is 12.1 Å². The van der Waals surface area contributed by atoms with Crippen LogP contribution in [0.1, 0.15) is 33.1 Å². The molecular weight excluding hydrogens is 160 g/mol. The Morgan fingerprint density at radius 1 is 1.38 bits per heavy atom. The minimum atomic E-state index is 0.562. The number of hydrogen-bond donors (Lipinski definition) is 1. The quantitative estimate of drug-likeness (QED) is 0.610. The van der Waals surface area contributed by atoms with Crippen molar-refractivity contribution in [3.63, 3.8) is 0 Å². The lowest BCUT2D eigenvalue weighted by atomic mass is 9.72. The highest BCUT2D eigenvalue weighted by Gasteiger charge is 2.38. The molecule has 2 atom stereocenters. The molecule has 0 aromatic carbocycles. The van der Waals surface area contributed by atoms with Gasteiger partial charge in [0.25, 0.3) is 0 Å². The van der Waals surface area contributed by atoms with Gasteiger partial charge in [0.15, 0.2) is 0 Å². The molecule has 1 N–H and O–H groups in total. The number of nitrogens with one attached hydrogen (secondary N) is 1. The van der Waals surface area contributed by atoms with Crippen molar-refractivity contribution in [2.24, 2.45) is 5.41 Å². The molecule has 2 heteroatoms. The summed E-state index contributed by atoms with van der Waals surface area (Å²) < 4.78 is 0. The van der Waals surface area contributed by atoms with Crippen molar-refractivity contribution in [2.75, 3.05) is 20.1 Å². The number of hydrogen-bond acceptors (Lipinski definition) is 2. The monoisotopic (exact) mass is 182 g/mol. The van der Waals surface area contributed by atoms with Gasteiger partial charge in [0.05, 0.1) is 0 Å². The maximum absolute atomic E-state index is 3.67. The van der Waals surface area contributed by atoms with Gasteiger partial charge in [-0.05, 0) is 31.7 Å². The summed E-state index contributed by atoms with van der Waals surface area (Å²) in [6.07, 6.45) is 4.11. The van der Waals surface area contributed by atoms with E-state index >= 15 is 0 Å². The molecule has 2 rings (SSSR count). The van der Waals surface area contributed by atoms with Gasteiger partial charge in [-0.25, -0.2) is 0 Å². The minimum Gasteiger partial charge on any atom is -0.311 e. The number of likely N-dealkylation sites (N-methyl/N-ethyl adjacent to an activating group) is 1. The Morgan fingerprint density at radius 2 is 2.15 bits per heavy atom. The van der Waals surface area contributed by atoms with Gasteiger partial charge in [-0.1, -0.05) is 13.8 Å². The second-order valence-corrected chi connectivity index (χ2v) is 5.52. The van der Waals surface area contributed by atoms with Gasteiger partial charge in [0, 0.05) is 25.2 Å². The molecule has 2 aliphatic rings. The van der Waals surface area contributed by atoms with Gasteiger partial charge in [-0.2, -0.15) is 0 Å². The van der Waals surface area contributed by atoms with Gasteiger partial charge >= 0.3 is 0 Å². The van der Waals surface area contributed by atoms with Crippen LogP contribution in [0.4, 0.5) is 0 Å². The molecule has 1 aliphatic heterocycles. The molecule has 1 heterocycles. The maximum atomic E-state index is 3.67. The SMILES string of the molecule is CN1CCNC2CC(C)(C)CCC21. The molecule has 1 saturated carbocycles. The smallest absolute Gasteiger partial charge is 0.0247 e. The van der Waals surface area contributed by atoms with Crippen LogP contribution in [0, 0.1) is 5.41 Å². The molecule has 76 valence electrons. The molecule has 1 aliphatic carbocycles. The third-order valence-electron chi connectivity index (χ3n) is 3.79. The van der Waals surface area contributed by atoms with E-state index in [0.29, 0.717) is 5.41 Å². The Labute approximate surface area is 81.7 Å². The van der Waals surface area contributed by atoms with Crippen LogP contribution < -0.4 is 5.32 Å². The molecule has 0 bridgehead atoms. The van der Waals surface area contributed by atoms with Crippen LogP contribution in [0.3, 0.4) is 0 Å². The molecule has 2 nitrogen and oxygen atoms in total. The lowest BCUT2D eigenvalue weighted by Gasteiger charge is -2.48. The third-order valence-corrected chi connectivity index (χ3v) is 3.79. The van der Waals surface area contributed by atoms with E-state index in [1.807, 2.05) is 0 Å². The standard InChI is InChI=1S/C11H22N2/c1-11(2)5-4-10-9(8-11)12-6-7-13(10)3/h9-10,12H,4-8H2,1-3H3. The Bertz CT molecular complexity index is 189. The van der Waals surface area contributed by atoms with Gasteiger partial charge in [-0.3, -0.25) is 0 Å². The summed E-state index contributed by atoms with van der Waals surface area (Å²) >= 11 is 0. The predicted molar refractivity (Wildman–Crippen MR) is 55.8 cm³/mol. The fourth-order valence-electron chi connectivity index (χ4n) is 2.90. The third kappa shape index (κ3) is 1.89. The second kappa shape index (κ2) is 3.25. The van der Waals surface area contributed by atoms with Crippen LogP contribution in [0.25, 0.3) is 0 Å². The van der Waals surface area contributed by atoms with Crippen LogP contribution in [0.15, 0.2) is 0 Å². The second-order valence-electron chi connectivity index (χ2n) is 5.52. The molecule has 0 aromatic rings. The first kappa shape index (κ1) is 9.47. The zero-order chi connectivity index (χ0) is 9.47. The molecule has 2 unspecified atom stereocenters. The van der Waals surface area contributed by atoms with Crippen LogP contribution in [-0.4, -0.2) is 37.1 Å². The summed E-state index contributed by atoms with van der Waals surface area (Å²) in [5.41, 5.74) is 0.562. The largest absolute Gasteiger partial charge is 0.311 e. The molecule has 0 amide bonds. The van der Waals surface area contributed by atoms with E-state index in [9.17, 15) is 0 Å². The van der Waals surface area contributed by atoms with Gasteiger partial charge < -0.3 is 10.2 Å². The van der Waals surface area contributed by atoms with Gasteiger partial charge in [0.1, 0.15) is 0 Å². The van der Waals surface area contributed by atoms with Gasteiger partial charge in [-0.15, -0.1) is 0 Å². The van der Waals surface area contributed by atoms with E-state index in [-0.39, 0.29) is 0 Å². The molecule has 2 fully saturated rings. The molecule has 13 heavy (non-hydrogen) atoms. The Balaban J connectivity index is 2.04. The maximum Gasteiger partial charge on any atom is 0.0247 e. The summed E-state index contributed by atoms with van der Waals surface area (Å²) in [6, 6.07) is 1.56. The van der Waals surface area contributed by atoms with E-state index in [4.69, 9.17) is 0 Å². The highest BCUT2D eigenvalue weighted by molar-refractivity contribution is 4.96. The first-order valence-electron chi connectivity index (χ1n) is 5.52. The van der Waals surface area contributed by atoms with Crippen molar-refractivity contribution in [2.45, 2.75) is 45.2 Å². The summed E-state index contributed by atoms with van der Waals surface area (Å²) in [5, 5.41) is 3.67. The number of rotatable bonds is 0. The Hall–Kier alpha value is -0.0800. The topological polar surface area (TPSA) is 15.3 Å². The molecule has 0 spiro atoms. The van der Waals surface area contributed by atoms with Crippen molar-refractivity contribution in [1.82, 2.24) is 10.2 Å². The summed E-state index contributed by atoms with van der Waals surface area (Å²) in [6.45, 7) is 7.20. The van der Waals surface area contributed by atoms with E-state index < -0.39 is 0 Å². The van der Waals surface area contributed by atoms with E-state index in [1.165, 1.54) is 32.4 Å². The van der Waals surface area contributed by atoms with Crippen LogP contribution in [0.2, 0.25) is 0 Å². The number of piperazine rings is 1. The van der Waals surface area contributed by atoms with Crippen LogP contribution in [-0.2, 0) is 0 Å². The van der Waals surface area contributed by atoms with E-state index in [2.05, 4.69) is 31.1 Å². The number of nitrogens with zero attached hydrogens (tertiary/aromatic N) is 1. The average molecular weight is 182 g/mol. The fraction of sp³-hybridized carbons (Fsp3) is 1.00. The Kier molecular flexibility index (Phi) is 2.37. The zero-order valence-electron chi connectivity index (χ0n) is 9.14. The van der Waals surface area contributed by atoms with Crippen LogP contribution in [0.5, 0.6) is 0 Å². The molecule has 1 saturated heterocycles. The molecule has 0 radical (unpaired) electrons. The molecule has 0 aromatic heterocycles. The average Bonchev–Trinajstić information content (AvgIpc) is 2.02. The number of fused-ring (bicyclic) bond motifs is 1. The highest BCUT2D eigenvalue weighted by Crippen LogP contribution is 2.37. The Morgan fingerprint density at radius 3 is 2.92 bits per heavy atom. The van der Waals surface area contributed by atoms with Crippen molar-refractivity contribution < 1.29 is 0 Å². The summed E-state index contributed by atoms with van der Waals surface area (Å²) in [7, 11) is 2.27. The zero-order valence-corrected chi connectivity index (χ0v) is 9.14. The van der Waals surface area contributed by atoms with Crippen molar-refractivity contribution in [3.8, 4) is 0 Å². The van der Waals surface area contributed by atoms with Crippen molar-refractivity contribution >= 4 is 0 Å². The normalized spacial score (nSPS) is 39.9. The lowest BCUT2D eigenvalue weighted by Crippen LogP contribution is -2.59.